The summed E-state index contributed by atoms with van der Waals surface area (Å²) in [4.78, 5) is 27.6. The van der Waals surface area contributed by atoms with Crippen LogP contribution in [0.25, 0.3) is 0 Å². The molecule has 2 rings (SSSR count). The molecule has 144 valence electrons. The number of amides is 2. The molecule has 0 N–H and O–H groups in total. The van der Waals surface area contributed by atoms with Gasteiger partial charge in [-0.2, -0.15) is 0 Å². The number of carbonyl (C=O) groups excluding carboxylic acids is 2. The molecule has 2 amide bonds. The van der Waals surface area contributed by atoms with Crippen molar-refractivity contribution in [1.29, 1.82) is 0 Å². The number of rotatable bonds is 8. The number of benzene rings is 1. The molecule has 5 heteroatoms. The summed E-state index contributed by atoms with van der Waals surface area (Å²) in [6.07, 6.45) is 2.80. The van der Waals surface area contributed by atoms with Gasteiger partial charge in [0.2, 0.25) is 11.8 Å². The maximum absolute atomic E-state index is 13.0. The lowest BCUT2D eigenvalue weighted by atomic mass is 9.98. The highest BCUT2D eigenvalue weighted by Gasteiger charge is 2.45. The van der Waals surface area contributed by atoms with Crippen LogP contribution in [-0.4, -0.2) is 47.5 Å². The summed E-state index contributed by atoms with van der Waals surface area (Å²) in [5.41, 5.74) is 0.859. The van der Waals surface area contributed by atoms with Gasteiger partial charge in [-0.15, -0.1) is 0 Å². The minimum Gasteiger partial charge on any atom is -0.374 e. The molecule has 1 aromatic rings. The number of hydrogen-bond donors (Lipinski definition) is 0. The molecular weight excluding hydrogens is 326 g/mol. The van der Waals surface area contributed by atoms with Crippen LogP contribution in [0, 0.1) is 5.92 Å². The highest BCUT2D eigenvalue weighted by Crippen LogP contribution is 2.31. The first-order valence-electron chi connectivity index (χ1n) is 9.69. The van der Waals surface area contributed by atoms with E-state index in [0.29, 0.717) is 19.4 Å². The van der Waals surface area contributed by atoms with Gasteiger partial charge in [-0.05, 0) is 38.3 Å². The van der Waals surface area contributed by atoms with Crippen molar-refractivity contribution in [3.63, 3.8) is 0 Å². The number of hydrogen-bond acceptors (Lipinski definition) is 4. The molecule has 26 heavy (non-hydrogen) atoms. The Labute approximate surface area is 157 Å². The molecule has 1 fully saturated rings. The molecule has 0 bridgehead atoms. The number of imide groups is 1. The Hall–Kier alpha value is -1.88. The zero-order valence-electron chi connectivity index (χ0n) is 16.9. The summed E-state index contributed by atoms with van der Waals surface area (Å²) in [6, 6.07) is 10.2. The van der Waals surface area contributed by atoms with E-state index in [-0.39, 0.29) is 23.3 Å². The van der Waals surface area contributed by atoms with Gasteiger partial charge in [-0.3, -0.25) is 9.59 Å². The third kappa shape index (κ3) is 4.64. The molecule has 1 heterocycles. The molecule has 0 unspecified atom stereocenters. The van der Waals surface area contributed by atoms with Gasteiger partial charge in [-0.25, -0.2) is 10.0 Å². The number of carbonyl (C=O) groups is 2. The Kier molecular flexibility index (Phi) is 6.81. The summed E-state index contributed by atoms with van der Waals surface area (Å²) in [6.45, 7) is 9.65. The zero-order chi connectivity index (χ0) is 19.3. The van der Waals surface area contributed by atoms with Gasteiger partial charge >= 0.3 is 0 Å². The van der Waals surface area contributed by atoms with Gasteiger partial charge in [0.25, 0.3) is 0 Å². The first-order chi connectivity index (χ1) is 12.3. The summed E-state index contributed by atoms with van der Waals surface area (Å²) in [5.74, 6) is 0.0868. The average Bonchev–Trinajstić information content (AvgIpc) is 2.83. The van der Waals surface area contributed by atoms with Crippen LogP contribution in [0.5, 0.6) is 0 Å². The van der Waals surface area contributed by atoms with Gasteiger partial charge in [0.1, 0.15) is 0 Å². The fraction of sp³-hybridized carbons (Fsp3) is 0.619. The van der Waals surface area contributed by atoms with Crippen molar-refractivity contribution in [2.24, 2.45) is 5.92 Å². The van der Waals surface area contributed by atoms with Gasteiger partial charge in [-0.1, -0.05) is 38.5 Å². The second-order valence-electron chi connectivity index (χ2n) is 7.88. The van der Waals surface area contributed by atoms with E-state index >= 15 is 0 Å². The van der Waals surface area contributed by atoms with Crippen LogP contribution in [0.15, 0.2) is 30.3 Å². The number of para-hydroxylation sites is 1. The minimum absolute atomic E-state index is 0.0673. The Morgan fingerprint density at radius 2 is 1.88 bits per heavy atom. The molecule has 0 aromatic heterocycles. The van der Waals surface area contributed by atoms with Gasteiger partial charge < -0.3 is 4.90 Å². The summed E-state index contributed by atoms with van der Waals surface area (Å²) >= 11 is 0. The number of hydrazine groups is 1. The van der Waals surface area contributed by atoms with E-state index < -0.39 is 0 Å². The topological polar surface area (TPSA) is 43.9 Å². The lowest BCUT2D eigenvalue weighted by molar-refractivity contribution is -0.160. The minimum atomic E-state index is -0.289. The third-order valence-corrected chi connectivity index (χ3v) is 5.19. The van der Waals surface area contributed by atoms with E-state index in [1.165, 1.54) is 5.01 Å². The fourth-order valence-corrected chi connectivity index (χ4v) is 3.96. The number of nitrogens with zero attached hydrogens (tertiary/aromatic N) is 3. The van der Waals surface area contributed by atoms with Crippen LogP contribution in [0.3, 0.4) is 0 Å². The van der Waals surface area contributed by atoms with Crippen LogP contribution in [-0.2, 0) is 9.59 Å². The van der Waals surface area contributed by atoms with Crippen molar-refractivity contribution in [2.75, 3.05) is 25.0 Å². The van der Waals surface area contributed by atoms with Crippen molar-refractivity contribution in [3.05, 3.63) is 30.3 Å². The normalized spacial score (nSPS) is 18.2. The second kappa shape index (κ2) is 8.67. The summed E-state index contributed by atoms with van der Waals surface area (Å²) < 4.78 is 0. The van der Waals surface area contributed by atoms with E-state index in [9.17, 15) is 9.59 Å². The third-order valence-electron chi connectivity index (χ3n) is 5.19. The molecule has 0 radical (unpaired) electrons. The van der Waals surface area contributed by atoms with E-state index in [1.807, 2.05) is 44.0 Å². The molecule has 1 saturated heterocycles. The Morgan fingerprint density at radius 1 is 1.23 bits per heavy atom. The maximum atomic E-state index is 13.0. The standard InChI is InChI=1S/C21H33N3O2/c1-6-11-17(16-22(5)18-12-9-8-10-13-18)14-19(25)24-20(26)15-21(3,4)23(24)7-2/h8-10,12-13,17H,6-7,11,14-16H2,1-5H3/t17-/m0/s1. The average molecular weight is 360 g/mol. The molecule has 1 atom stereocenters. The van der Waals surface area contributed by atoms with Crippen LogP contribution >= 0.6 is 0 Å². The molecule has 1 aliphatic rings. The van der Waals surface area contributed by atoms with Crippen molar-refractivity contribution in [3.8, 4) is 0 Å². The lowest BCUT2D eigenvalue weighted by Gasteiger charge is -2.35. The van der Waals surface area contributed by atoms with E-state index in [4.69, 9.17) is 0 Å². The monoisotopic (exact) mass is 359 g/mol. The smallest absolute Gasteiger partial charge is 0.245 e. The van der Waals surface area contributed by atoms with Crippen molar-refractivity contribution in [1.82, 2.24) is 10.0 Å². The van der Waals surface area contributed by atoms with Crippen molar-refractivity contribution < 1.29 is 9.59 Å². The molecule has 5 nitrogen and oxygen atoms in total. The summed E-state index contributed by atoms with van der Waals surface area (Å²) in [7, 11) is 2.06. The highest BCUT2D eigenvalue weighted by molar-refractivity contribution is 5.96. The second-order valence-corrected chi connectivity index (χ2v) is 7.88. The summed E-state index contributed by atoms with van der Waals surface area (Å²) in [5, 5.41) is 3.33. The SMILES string of the molecule is CCC[C@@H](CC(=O)N1C(=O)CC(C)(C)N1CC)CN(C)c1ccccc1. The Morgan fingerprint density at radius 3 is 2.46 bits per heavy atom. The zero-order valence-corrected chi connectivity index (χ0v) is 16.9. The predicted molar refractivity (Wildman–Crippen MR) is 106 cm³/mol. The predicted octanol–water partition coefficient (Wildman–Crippen LogP) is 3.70. The van der Waals surface area contributed by atoms with E-state index in [1.54, 1.807) is 0 Å². The Balaban J connectivity index is 2.06. The van der Waals surface area contributed by atoms with E-state index in [0.717, 1.165) is 25.1 Å². The molecule has 1 aromatic carbocycles. The molecule has 1 aliphatic heterocycles. The molecule has 0 spiro atoms. The fourth-order valence-electron chi connectivity index (χ4n) is 3.96. The van der Waals surface area contributed by atoms with Crippen LogP contribution in [0.4, 0.5) is 5.69 Å². The Bertz CT molecular complexity index is 615. The molecule has 0 saturated carbocycles. The molecule has 0 aliphatic carbocycles. The van der Waals surface area contributed by atoms with Gasteiger partial charge in [0.05, 0.1) is 0 Å². The van der Waals surface area contributed by atoms with Crippen LogP contribution in [0.2, 0.25) is 0 Å². The maximum Gasteiger partial charge on any atom is 0.245 e. The quantitative estimate of drug-likeness (QED) is 0.710. The molecular formula is C21H33N3O2. The van der Waals surface area contributed by atoms with Crippen LogP contribution < -0.4 is 4.90 Å². The van der Waals surface area contributed by atoms with Crippen LogP contribution in [0.1, 0.15) is 53.4 Å². The lowest BCUT2D eigenvalue weighted by Crippen LogP contribution is -2.50. The first kappa shape index (κ1) is 20.4. The van der Waals surface area contributed by atoms with Gasteiger partial charge in [0, 0.05) is 44.2 Å². The van der Waals surface area contributed by atoms with Crippen molar-refractivity contribution >= 4 is 17.5 Å². The highest BCUT2D eigenvalue weighted by atomic mass is 16.2. The van der Waals surface area contributed by atoms with Crippen molar-refractivity contribution in [2.45, 2.75) is 58.9 Å². The largest absolute Gasteiger partial charge is 0.374 e. The number of anilines is 1. The first-order valence-corrected chi connectivity index (χ1v) is 9.69. The van der Waals surface area contributed by atoms with Gasteiger partial charge in [0.15, 0.2) is 0 Å². The van der Waals surface area contributed by atoms with E-state index in [2.05, 4.69) is 31.0 Å².